The standard InChI is InChI=1S/C24H27FN2/c1-18(2)20-8-6-19(7-9-20)17-27-16-4-15-26-14-3-5-23(26)24(27)21-10-12-22(25)13-11-21/h3,5-14,18,24H,4,15-17H2,1-2H3/t24-/m0/s1. The van der Waals surface area contributed by atoms with Gasteiger partial charge in [-0.05, 0) is 53.3 Å². The van der Waals surface area contributed by atoms with E-state index in [2.05, 4.69) is 65.9 Å². The number of fused-ring (bicyclic) bond motifs is 1. The van der Waals surface area contributed by atoms with Gasteiger partial charge in [0.2, 0.25) is 0 Å². The maximum Gasteiger partial charge on any atom is 0.123 e. The minimum atomic E-state index is -0.182. The van der Waals surface area contributed by atoms with Crippen molar-refractivity contribution in [3.05, 3.63) is 95.1 Å². The van der Waals surface area contributed by atoms with E-state index in [0.717, 1.165) is 31.6 Å². The van der Waals surface area contributed by atoms with Gasteiger partial charge in [0.25, 0.3) is 0 Å². The van der Waals surface area contributed by atoms with Crippen LogP contribution in [-0.4, -0.2) is 16.0 Å². The Bertz CT molecular complexity index is 878. The van der Waals surface area contributed by atoms with Gasteiger partial charge in [-0.3, -0.25) is 4.90 Å². The molecule has 0 spiro atoms. The Labute approximate surface area is 161 Å². The van der Waals surface area contributed by atoms with Crippen LogP contribution >= 0.6 is 0 Å². The monoisotopic (exact) mass is 362 g/mol. The fourth-order valence-electron chi connectivity index (χ4n) is 4.08. The molecule has 1 aromatic heterocycles. The third-order valence-corrected chi connectivity index (χ3v) is 5.57. The Hall–Kier alpha value is -2.39. The Morgan fingerprint density at radius 3 is 2.41 bits per heavy atom. The molecule has 0 unspecified atom stereocenters. The summed E-state index contributed by atoms with van der Waals surface area (Å²) in [5, 5.41) is 0. The van der Waals surface area contributed by atoms with Crippen LogP contribution in [0.4, 0.5) is 4.39 Å². The summed E-state index contributed by atoms with van der Waals surface area (Å²) >= 11 is 0. The van der Waals surface area contributed by atoms with Crippen LogP contribution in [-0.2, 0) is 13.1 Å². The molecule has 0 saturated heterocycles. The molecule has 0 bridgehead atoms. The largest absolute Gasteiger partial charge is 0.350 e. The first-order valence-electron chi connectivity index (χ1n) is 9.85. The quantitative estimate of drug-likeness (QED) is 0.574. The van der Waals surface area contributed by atoms with E-state index < -0.39 is 0 Å². The molecule has 27 heavy (non-hydrogen) atoms. The van der Waals surface area contributed by atoms with E-state index in [9.17, 15) is 4.39 Å². The molecule has 0 fully saturated rings. The van der Waals surface area contributed by atoms with E-state index >= 15 is 0 Å². The molecule has 0 N–H and O–H groups in total. The van der Waals surface area contributed by atoms with Crippen LogP contribution in [0.2, 0.25) is 0 Å². The van der Waals surface area contributed by atoms with Crippen molar-refractivity contribution >= 4 is 0 Å². The molecular weight excluding hydrogens is 335 g/mol. The van der Waals surface area contributed by atoms with Crippen LogP contribution < -0.4 is 0 Å². The van der Waals surface area contributed by atoms with Gasteiger partial charge in [-0.2, -0.15) is 0 Å². The second-order valence-electron chi connectivity index (χ2n) is 7.80. The molecule has 1 aliphatic heterocycles. The molecule has 4 rings (SSSR count). The fraction of sp³-hybridized carbons (Fsp3) is 0.333. The number of benzene rings is 2. The van der Waals surface area contributed by atoms with Gasteiger partial charge in [0.05, 0.1) is 6.04 Å². The van der Waals surface area contributed by atoms with Crippen LogP contribution in [0.25, 0.3) is 0 Å². The lowest BCUT2D eigenvalue weighted by Crippen LogP contribution is -2.29. The van der Waals surface area contributed by atoms with E-state index in [1.807, 2.05) is 12.1 Å². The zero-order chi connectivity index (χ0) is 18.8. The molecule has 2 heterocycles. The number of aryl methyl sites for hydroxylation is 1. The van der Waals surface area contributed by atoms with Gasteiger partial charge in [-0.15, -0.1) is 0 Å². The number of hydrogen-bond acceptors (Lipinski definition) is 1. The third kappa shape index (κ3) is 3.84. The molecule has 3 aromatic rings. The van der Waals surface area contributed by atoms with Crippen molar-refractivity contribution in [2.24, 2.45) is 0 Å². The van der Waals surface area contributed by atoms with E-state index in [-0.39, 0.29) is 11.9 Å². The van der Waals surface area contributed by atoms with Crippen molar-refractivity contribution < 1.29 is 4.39 Å². The highest BCUT2D eigenvalue weighted by molar-refractivity contribution is 5.31. The van der Waals surface area contributed by atoms with E-state index in [1.165, 1.54) is 16.8 Å². The van der Waals surface area contributed by atoms with Gasteiger partial charge in [0.15, 0.2) is 0 Å². The molecule has 2 nitrogen and oxygen atoms in total. The molecule has 0 saturated carbocycles. The third-order valence-electron chi connectivity index (χ3n) is 5.57. The first-order valence-corrected chi connectivity index (χ1v) is 9.85. The summed E-state index contributed by atoms with van der Waals surface area (Å²) in [6.45, 7) is 7.40. The number of halogens is 1. The summed E-state index contributed by atoms with van der Waals surface area (Å²) in [5.41, 5.74) is 5.14. The van der Waals surface area contributed by atoms with Crippen LogP contribution in [0.1, 0.15) is 54.6 Å². The SMILES string of the molecule is CC(C)c1ccc(CN2CCCn3cccc3[C@@H]2c2ccc(F)cc2)cc1. The molecule has 0 aliphatic carbocycles. The molecular formula is C24H27FN2. The lowest BCUT2D eigenvalue weighted by molar-refractivity contribution is 0.220. The van der Waals surface area contributed by atoms with E-state index in [0.29, 0.717) is 5.92 Å². The number of hydrogen-bond donors (Lipinski definition) is 0. The van der Waals surface area contributed by atoms with Crippen molar-refractivity contribution in [3.63, 3.8) is 0 Å². The Morgan fingerprint density at radius 2 is 1.70 bits per heavy atom. The second kappa shape index (κ2) is 7.69. The molecule has 0 radical (unpaired) electrons. The van der Waals surface area contributed by atoms with Gasteiger partial charge in [-0.25, -0.2) is 4.39 Å². The number of rotatable bonds is 4. The summed E-state index contributed by atoms with van der Waals surface area (Å²) in [7, 11) is 0. The summed E-state index contributed by atoms with van der Waals surface area (Å²) in [5.74, 6) is 0.367. The highest BCUT2D eigenvalue weighted by Crippen LogP contribution is 2.33. The summed E-state index contributed by atoms with van der Waals surface area (Å²) in [6.07, 6.45) is 3.27. The Balaban J connectivity index is 1.67. The summed E-state index contributed by atoms with van der Waals surface area (Å²) < 4.78 is 15.8. The lowest BCUT2D eigenvalue weighted by Gasteiger charge is -2.31. The molecule has 0 amide bonds. The van der Waals surface area contributed by atoms with Crippen LogP contribution in [0, 0.1) is 5.82 Å². The van der Waals surface area contributed by atoms with E-state index in [1.54, 1.807) is 12.1 Å². The van der Waals surface area contributed by atoms with Crippen molar-refractivity contribution in [2.45, 2.75) is 45.3 Å². The maximum absolute atomic E-state index is 13.5. The first-order chi connectivity index (χ1) is 13.1. The van der Waals surface area contributed by atoms with Gasteiger partial charge < -0.3 is 4.57 Å². The zero-order valence-corrected chi connectivity index (χ0v) is 16.1. The Kier molecular flexibility index (Phi) is 5.13. The van der Waals surface area contributed by atoms with Crippen LogP contribution in [0.5, 0.6) is 0 Å². The Morgan fingerprint density at radius 1 is 0.963 bits per heavy atom. The minimum Gasteiger partial charge on any atom is -0.350 e. The van der Waals surface area contributed by atoms with Crippen molar-refractivity contribution in [2.75, 3.05) is 6.54 Å². The summed E-state index contributed by atoms with van der Waals surface area (Å²) in [4.78, 5) is 2.52. The topological polar surface area (TPSA) is 8.17 Å². The van der Waals surface area contributed by atoms with Gasteiger partial charge in [0.1, 0.15) is 5.82 Å². The number of nitrogens with zero attached hydrogens (tertiary/aromatic N) is 2. The highest BCUT2D eigenvalue weighted by Gasteiger charge is 2.27. The predicted octanol–water partition coefficient (Wildman–Crippen LogP) is 5.75. The predicted molar refractivity (Wildman–Crippen MR) is 108 cm³/mol. The molecule has 3 heteroatoms. The van der Waals surface area contributed by atoms with Crippen molar-refractivity contribution in [1.29, 1.82) is 0 Å². The molecule has 1 aliphatic rings. The molecule has 140 valence electrons. The first kappa shape index (κ1) is 18.0. The van der Waals surface area contributed by atoms with Crippen molar-refractivity contribution in [3.8, 4) is 0 Å². The van der Waals surface area contributed by atoms with Crippen molar-refractivity contribution in [1.82, 2.24) is 9.47 Å². The smallest absolute Gasteiger partial charge is 0.123 e. The fourth-order valence-corrected chi connectivity index (χ4v) is 4.08. The van der Waals surface area contributed by atoms with Crippen LogP contribution in [0.3, 0.4) is 0 Å². The zero-order valence-electron chi connectivity index (χ0n) is 16.1. The highest BCUT2D eigenvalue weighted by atomic mass is 19.1. The average Bonchev–Trinajstić information content (AvgIpc) is 3.05. The van der Waals surface area contributed by atoms with E-state index in [4.69, 9.17) is 0 Å². The van der Waals surface area contributed by atoms with Gasteiger partial charge in [-0.1, -0.05) is 50.2 Å². The second-order valence-corrected chi connectivity index (χ2v) is 7.80. The lowest BCUT2D eigenvalue weighted by atomic mass is 9.99. The minimum absolute atomic E-state index is 0.146. The van der Waals surface area contributed by atoms with Crippen LogP contribution in [0.15, 0.2) is 66.9 Å². The normalized spacial score (nSPS) is 17.7. The van der Waals surface area contributed by atoms with Gasteiger partial charge in [0, 0.05) is 31.5 Å². The van der Waals surface area contributed by atoms with Gasteiger partial charge >= 0.3 is 0 Å². The maximum atomic E-state index is 13.5. The summed E-state index contributed by atoms with van der Waals surface area (Å²) in [6, 6.07) is 20.5. The average molecular weight is 362 g/mol. The molecule has 2 aromatic carbocycles. The molecule has 1 atom stereocenters. The number of aromatic nitrogens is 1.